The van der Waals surface area contributed by atoms with E-state index in [0.717, 1.165) is 61.0 Å². The summed E-state index contributed by atoms with van der Waals surface area (Å²) in [4.78, 5) is 17.9. The van der Waals surface area contributed by atoms with E-state index >= 15 is 0 Å². The van der Waals surface area contributed by atoms with Gasteiger partial charge in [-0.25, -0.2) is 4.39 Å². The summed E-state index contributed by atoms with van der Waals surface area (Å²) in [6.45, 7) is 4.44. The summed E-state index contributed by atoms with van der Waals surface area (Å²) in [5.74, 6) is 0.200. The van der Waals surface area contributed by atoms with Crippen molar-refractivity contribution in [3.8, 4) is 0 Å². The van der Waals surface area contributed by atoms with Crippen molar-refractivity contribution < 1.29 is 9.18 Å². The first-order valence-electron chi connectivity index (χ1n) is 11.5. The fraction of sp³-hybridized carbons (Fsp3) is 0.462. The summed E-state index contributed by atoms with van der Waals surface area (Å²) in [7, 11) is 0. The molecule has 0 bridgehead atoms. The van der Waals surface area contributed by atoms with Crippen LogP contribution in [0.4, 0.5) is 10.1 Å². The molecule has 5 heteroatoms. The van der Waals surface area contributed by atoms with Gasteiger partial charge in [-0.3, -0.25) is 9.78 Å². The zero-order chi connectivity index (χ0) is 22.0. The normalized spacial score (nSPS) is 21.4. The fourth-order valence-corrected chi connectivity index (χ4v) is 4.59. The quantitative estimate of drug-likeness (QED) is 0.594. The Bertz CT molecular complexity index is 975. The number of nitrogens with two attached hydrogens (primary N) is 1. The average molecular weight is 422 g/mol. The van der Waals surface area contributed by atoms with Crippen LogP contribution in [0.2, 0.25) is 0 Å². The molecular weight excluding hydrogens is 389 g/mol. The highest BCUT2D eigenvalue weighted by atomic mass is 19.1. The maximum Gasteiger partial charge on any atom is 0.170 e. The van der Waals surface area contributed by atoms with Gasteiger partial charge in [-0.2, -0.15) is 0 Å². The number of fused-ring (bicyclic) bond motifs is 1. The molecule has 0 saturated heterocycles. The van der Waals surface area contributed by atoms with E-state index in [1.165, 1.54) is 17.7 Å². The summed E-state index contributed by atoms with van der Waals surface area (Å²) in [6, 6.07) is 6.72. The van der Waals surface area contributed by atoms with E-state index in [9.17, 15) is 9.18 Å². The number of anilines is 1. The third-order valence-corrected chi connectivity index (χ3v) is 6.84. The molecule has 1 aromatic heterocycles. The molecule has 1 fully saturated rings. The molecule has 2 aliphatic rings. The number of allylic oxidation sites excluding steroid dienone is 1. The molecule has 3 N–H and O–H groups in total. The number of carbonyl (C=O) groups excluding carboxylic acids is 1. The van der Waals surface area contributed by atoms with Gasteiger partial charge >= 0.3 is 0 Å². The van der Waals surface area contributed by atoms with Gasteiger partial charge in [0.15, 0.2) is 5.78 Å². The van der Waals surface area contributed by atoms with Crippen LogP contribution in [-0.2, 0) is 12.8 Å². The summed E-state index contributed by atoms with van der Waals surface area (Å²) < 4.78 is 13.3. The van der Waals surface area contributed by atoms with Gasteiger partial charge in [-0.05, 0) is 55.7 Å². The standard InChI is InChI=1S/C26H32FN3O/c1-3-16(2)18-13-22-24(14-18)29-15-23(25(31)12-17-4-6-19(27)7-5-17)26(22)30-21-10-8-20(28)9-11-21/h4-7,13,15-16,20-21H,3,8-12,14,28H2,1-2H3,(H,29,30). The lowest BCUT2D eigenvalue weighted by molar-refractivity contribution is 0.0993. The molecule has 164 valence electrons. The number of aromatic nitrogens is 1. The van der Waals surface area contributed by atoms with E-state index in [2.05, 4.69) is 30.2 Å². The highest BCUT2D eigenvalue weighted by Crippen LogP contribution is 2.37. The van der Waals surface area contributed by atoms with Crippen LogP contribution in [0.5, 0.6) is 0 Å². The van der Waals surface area contributed by atoms with Crippen LogP contribution in [0.15, 0.2) is 36.0 Å². The Balaban J connectivity index is 1.66. The van der Waals surface area contributed by atoms with Gasteiger partial charge in [0.2, 0.25) is 0 Å². The summed E-state index contributed by atoms with van der Waals surface area (Å²) >= 11 is 0. The number of carbonyl (C=O) groups is 1. The van der Waals surface area contributed by atoms with Crippen molar-refractivity contribution in [2.75, 3.05) is 5.32 Å². The molecule has 1 saturated carbocycles. The lowest BCUT2D eigenvalue weighted by Crippen LogP contribution is -2.33. The Hall–Kier alpha value is -2.53. The average Bonchev–Trinajstić information content (AvgIpc) is 3.21. The molecule has 1 aromatic carbocycles. The lowest BCUT2D eigenvalue weighted by Gasteiger charge is -2.29. The zero-order valence-electron chi connectivity index (χ0n) is 18.5. The molecule has 2 aromatic rings. The SMILES string of the molecule is CCC(C)C1=Cc2c(ncc(C(=O)Cc3ccc(F)cc3)c2NC2CCC(N)CC2)C1. The second-order valence-corrected chi connectivity index (χ2v) is 9.10. The highest BCUT2D eigenvalue weighted by Gasteiger charge is 2.27. The van der Waals surface area contributed by atoms with Crippen LogP contribution in [-0.4, -0.2) is 22.9 Å². The van der Waals surface area contributed by atoms with Crippen molar-refractivity contribution in [2.45, 2.75) is 70.9 Å². The lowest BCUT2D eigenvalue weighted by atomic mass is 9.91. The van der Waals surface area contributed by atoms with Crippen LogP contribution >= 0.6 is 0 Å². The number of Topliss-reactive ketones (excluding diaryl/α,β-unsaturated/α-hetero) is 1. The van der Waals surface area contributed by atoms with Crippen molar-refractivity contribution in [3.63, 3.8) is 0 Å². The van der Waals surface area contributed by atoms with E-state index in [-0.39, 0.29) is 24.1 Å². The fourth-order valence-electron chi connectivity index (χ4n) is 4.59. The minimum atomic E-state index is -0.295. The van der Waals surface area contributed by atoms with Crippen molar-refractivity contribution in [1.82, 2.24) is 4.98 Å². The Kier molecular flexibility index (Phi) is 6.51. The van der Waals surface area contributed by atoms with Crippen LogP contribution < -0.4 is 11.1 Å². The molecule has 0 spiro atoms. The van der Waals surface area contributed by atoms with Gasteiger partial charge in [0.25, 0.3) is 0 Å². The van der Waals surface area contributed by atoms with Crippen LogP contribution in [0.25, 0.3) is 6.08 Å². The second kappa shape index (κ2) is 9.31. The molecule has 0 aliphatic heterocycles. The summed E-state index contributed by atoms with van der Waals surface area (Å²) in [5.41, 5.74) is 11.9. The molecule has 1 heterocycles. The number of halogens is 1. The molecule has 1 atom stereocenters. The number of nitrogens with zero attached hydrogens (tertiary/aromatic N) is 1. The molecule has 31 heavy (non-hydrogen) atoms. The monoisotopic (exact) mass is 421 g/mol. The number of hydrogen-bond acceptors (Lipinski definition) is 4. The number of nitrogens with one attached hydrogen (secondary N) is 1. The third-order valence-electron chi connectivity index (χ3n) is 6.84. The Morgan fingerprint density at radius 1 is 1.23 bits per heavy atom. The maximum atomic E-state index is 13.3. The first-order chi connectivity index (χ1) is 14.9. The predicted octanol–water partition coefficient (Wildman–Crippen LogP) is 5.31. The molecule has 4 rings (SSSR count). The second-order valence-electron chi connectivity index (χ2n) is 9.10. The van der Waals surface area contributed by atoms with Gasteiger partial charge in [0, 0.05) is 36.7 Å². The van der Waals surface area contributed by atoms with E-state index in [1.807, 2.05) is 0 Å². The smallest absolute Gasteiger partial charge is 0.170 e. The first-order valence-corrected chi connectivity index (χ1v) is 11.5. The van der Waals surface area contributed by atoms with Gasteiger partial charge in [0.1, 0.15) is 5.82 Å². The topological polar surface area (TPSA) is 68.0 Å². The van der Waals surface area contributed by atoms with E-state index in [1.54, 1.807) is 18.3 Å². The van der Waals surface area contributed by atoms with Crippen molar-refractivity contribution in [2.24, 2.45) is 11.7 Å². The Morgan fingerprint density at radius 2 is 1.94 bits per heavy atom. The summed E-state index contributed by atoms with van der Waals surface area (Å²) in [5, 5.41) is 3.70. The van der Waals surface area contributed by atoms with Crippen LogP contribution in [0.3, 0.4) is 0 Å². The summed E-state index contributed by atoms with van der Waals surface area (Å²) in [6.07, 6.45) is 10.1. The molecule has 0 radical (unpaired) electrons. The number of benzene rings is 1. The van der Waals surface area contributed by atoms with E-state index in [0.29, 0.717) is 17.5 Å². The first kappa shape index (κ1) is 21.7. The number of rotatable bonds is 7. The largest absolute Gasteiger partial charge is 0.381 e. The van der Waals surface area contributed by atoms with E-state index in [4.69, 9.17) is 5.73 Å². The van der Waals surface area contributed by atoms with Crippen molar-refractivity contribution in [1.29, 1.82) is 0 Å². The van der Waals surface area contributed by atoms with Crippen LogP contribution in [0.1, 0.15) is 73.1 Å². The van der Waals surface area contributed by atoms with E-state index < -0.39 is 0 Å². The third kappa shape index (κ3) is 4.87. The molecule has 2 aliphatic carbocycles. The molecule has 4 nitrogen and oxygen atoms in total. The molecular formula is C26H32FN3O. The minimum absolute atomic E-state index is 0.00214. The van der Waals surface area contributed by atoms with Gasteiger partial charge in [-0.15, -0.1) is 0 Å². The predicted molar refractivity (Wildman–Crippen MR) is 124 cm³/mol. The van der Waals surface area contributed by atoms with Crippen LogP contribution in [0, 0.1) is 11.7 Å². The number of ketones is 1. The van der Waals surface area contributed by atoms with Crippen molar-refractivity contribution >= 4 is 17.5 Å². The van der Waals surface area contributed by atoms with Gasteiger partial charge < -0.3 is 11.1 Å². The minimum Gasteiger partial charge on any atom is -0.381 e. The number of hydrogen-bond donors (Lipinski definition) is 2. The Morgan fingerprint density at radius 3 is 2.61 bits per heavy atom. The number of pyridine rings is 1. The molecule has 0 amide bonds. The highest BCUT2D eigenvalue weighted by molar-refractivity contribution is 6.04. The van der Waals surface area contributed by atoms with Crippen molar-refractivity contribution in [3.05, 3.63) is 64.2 Å². The molecule has 1 unspecified atom stereocenters. The maximum absolute atomic E-state index is 13.3. The zero-order valence-corrected chi connectivity index (χ0v) is 18.5. The van der Waals surface area contributed by atoms with Gasteiger partial charge in [0.05, 0.1) is 16.9 Å². The van der Waals surface area contributed by atoms with Gasteiger partial charge in [-0.1, -0.05) is 37.6 Å². The Labute approximate surface area is 184 Å².